The van der Waals surface area contributed by atoms with Gasteiger partial charge in [-0.05, 0) is 26.7 Å². The third kappa shape index (κ3) is 6.71. The maximum absolute atomic E-state index is 11.5. The summed E-state index contributed by atoms with van der Waals surface area (Å²) in [5, 5.41) is 4.95. The molecular formula is C11H22N2O2S. The van der Waals surface area contributed by atoms with E-state index in [0.29, 0.717) is 0 Å². The molecule has 4 nitrogen and oxygen atoms in total. The molecule has 0 spiro atoms. The van der Waals surface area contributed by atoms with Gasteiger partial charge in [-0.25, -0.2) is 0 Å². The first-order chi connectivity index (χ1) is 7.13. The van der Waals surface area contributed by atoms with Crippen molar-refractivity contribution in [3.05, 3.63) is 0 Å². The molecule has 0 fully saturated rings. The maximum Gasteiger partial charge on any atom is 0.239 e. The van der Waals surface area contributed by atoms with Gasteiger partial charge in [-0.1, -0.05) is 13.8 Å². The summed E-state index contributed by atoms with van der Waals surface area (Å²) in [6.07, 6.45) is 0. The minimum atomic E-state index is -0.373. The molecule has 5 heteroatoms. The van der Waals surface area contributed by atoms with Crippen LogP contribution in [0.3, 0.4) is 0 Å². The van der Waals surface area contributed by atoms with E-state index in [0.717, 1.165) is 0 Å². The zero-order valence-corrected chi connectivity index (χ0v) is 11.5. The largest absolute Gasteiger partial charge is 0.350 e. The van der Waals surface area contributed by atoms with Crippen LogP contribution in [0.1, 0.15) is 34.6 Å². The minimum absolute atomic E-state index is 0.000116. The van der Waals surface area contributed by atoms with Gasteiger partial charge in [0, 0.05) is 5.54 Å². The summed E-state index contributed by atoms with van der Waals surface area (Å²) in [6, 6.07) is 0. The fourth-order valence-electron chi connectivity index (χ4n) is 1.04. The lowest BCUT2D eigenvalue weighted by Gasteiger charge is -2.21. The summed E-state index contributed by atoms with van der Waals surface area (Å²) in [4.78, 5) is 22.9. The number of nitrogens with one attached hydrogen (secondary N) is 2. The van der Waals surface area contributed by atoms with E-state index in [4.69, 9.17) is 0 Å². The van der Waals surface area contributed by atoms with E-state index in [2.05, 4.69) is 23.3 Å². The highest BCUT2D eigenvalue weighted by Crippen LogP contribution is 2.08. The highest BCUT2D eigenvalue weighted by Gasteiger charge is 2.19. The Labute approximate surface area is 103 Å². The molecule has 1 atom stereocenters. The number of rotatable bonds is 4. The van der Waals surface area contributed by atoms with Gasteiger partial charge in [0.1, 0.15) is 0 Å². The average molecular weight is 246 g/mol. The van der Waals surface area contributed by atoms with E-state index in [1.54, 1.807) is 0 Å². The van der Waals surface area contributed by atoms with E-state index < -0.39 is 0 Å². The molecule has 2 N–H and O–H groups in total. The topological polar surface area (TPSA) is 58.2 Å². The molecule has 0 radical (unpaired) electrons. The normalized spacial score (nSPS) is 13.4. The molecule has 0 aromatic heterocycles. The summed E-state index contributed by atoms with van der Waals surface area (Å²) in [5.41, 5.74) is -0.278. The second-order valence-electron chi connectivity index (χ2n) is 5.20. The van der Waals surface area contributed by atoms with Crippen molar-refractivity contribution in [1.82, 2.24) is 10.6 Å². The van der Waals surface area contributed by atoms with Crippen LogP contribution in [0.25, 0.3) is 0 Å². The minimum Gasteiger partial charge on any atom is -0.350 e. The van der Waals surface area contributed by atoms with Crippen LogP contribution in [0.5, 0.6) is 0 Å². The summed E-state index contributed by atoms with van der Waals surface area (Å²) >= 11 is 4.16. The molecule has 0 saturated heterocycles. The molecule has 0 aliphatic heterocycles. The van der Waals surface area contributed by atoms with Crippen LogP contribution in [0.2, 0.25) is 0 Å². The number of carbonyl (C=O) groups excluding carboxylic acids is 2. The molecule has 0 saturated carbocycles. The van der Waals surface area contributed by atoms with E-state index in [9.17, 15) is 9.59 Å². The molecule has 0 heterocycles. The Morgan fingerprint density at radius 1 is 1.25 bits per heavy atom. The quantitative estimate of drug-likeness (QED) is 0.647. The fourth-order valence-corrected chi connectivity index (χ4v) is 1.13. The van der Waals surface area contributed by atoms with Crippen LogP contribution >= 0.6 is 12.6 Å². The SMILES string of the molecule is CC(C)C(S)C(=O)NCC(=O)NC(C)(C)C. The van der Waals surface area contributed by atoms with Crippen molar-refractivity contribution >= 4 is 24.4 Å². The molecule has 0 aliphatic carbocycles. The molecule has 0 aliphatic rings. The lowest BCUT2D eigenvalue weighted by Crippen LogP contribution is -2.47. The van der Waals surface area contributed by atoms with Gasteiger partial charge >= 0.3 is 0 Å². The first-order valence-corrected chi connectivity index (χ1v) is 5.92. The molecule has 1 unspecified atom stereocenters. The molecule has 0 rings (SSSR count). The highest BCUT2D eigenvalue weighted by molar-refractivity contribution is 7.81. The van der Waals surface area contributed by atoms with Gasteiger partial charge in [-0.3, -0.25) is 9.59 Å². The summed E-state index contributed by atoms with van der Waals surface area (Å²) in [6.45, 7) is 9.49. The van der Waals surface area contributed by atoms with Gasteiger partial charge in [-0.15, -0.1) is 0 Å². The van der Waals surface area contributed by atoms with E-state index in [1.165, 1.54) is 0 Å². The van der Waals surface area contributed by atoms with Gasteiger partial charge in [0.2, 0.25) is 11.8 Å². The number of thiol groups is 1. The fraction of sp³-hybridized carbons (Fsp3) is 0.818. The predicted molar refractivity (Wildman–Crippen MR) is 68.5 cm³/mol. The van der Waals surface area contributed by atoms with Gasteiger partial charge < -0.3 is 10.6 Å². The first-order valence-electron chi connectivity index (χ1n) is 5.40. The lowest BCUT2D eigenvalue weighted by molar-refractivity contribution is -0.126. The predicted octanol–water partition coefficient (Wildman–Crippen LogP) is 0.972. The number of hydrogen-bond acceptors (Lipinski definition) is 3. The molecule has 0 aromatic rings. The molecule has 16 heavy (non-hydrogen) atoms. The van der Waals surface area contributed by atoms with Crippen molar-refractivity contribution in [1.29, 1.82) is 0 Å². The monoisotopic (exact) mass is 246 g/mol. The van der Waals surface area contributed by atoms with Crippen LogP contribution in [0, 0.1) is 5.92 Å². The van der Waals surface area contributed by atoms with Gasteiger partial charge in [0.15, 0.2) is 0 Å². The Kier molecular flexibility index (Phi) is 5.86. The van der Waals surface area contributed by atoms with Crippen molar-refractivity contribution in [2.45, 2.75) is 45.4 Å². The van der Waals surface area contributed by atoms with Crippen LogP contribution in [0.4, 0.5) is 0 Å². The Balaban J connectivity index is 3.98. The van der Waals surface area contributed by atoms with Crippen LogP contribution in [-0.4, -0.2) is 29.1 Å². The lowest BCUT2D eigenvalue weighted by atomic mass is 10.1. The van der Waals surface area contributed by atoms with Crippen LogP contribution in [-0.2, 0) is 9.59 Å². The van der Waals surface area contributed by atoms with Crippen molar-refractivity contribution < 1.29 is 9.59 Å². The Morgan fingerprint density at radius 2 is 1.75 bits per heavy atom. The summed E-state index contributed by atoms with van der Waals surface area (Å²) in [5.74, 6) is -0.249. The number of amides is 2. The zero-order valence-electron chi connectivity index (χ0n) is 10.6. The number of hydrogen-bond donors (Lipinski definition) is 3. The van der Waals surface area contributed by atoms with Crippen LogP contribution < -0.4 is 10.6 Å². The third-order valence-electron chi connectivity index (χ3n) is 1.84. The highest BCUT2D eigenvalue weighted by atomic mass is 32.1. The second kappa shape index (κ2) is 6.13. The second-order valence-corrected chi connectivity index (χ2v) is 5.76. The first kappa shape index (κ1) is 15.3. The van der Waals surface area contributed by atoms with E-state index >= 15 is 0 Å². The van der Waals surface area contributed by atoms with E-state index in [1.807, 2.05) is 34.6 Å². The Hall–Kier alpha value is -0.710. The molecule has 94 valence electrons. The molecule has 0 aromatic carbocycles. The molecule has 2 amide bonds. The zero-order chi connectivity index (χ0) is 12.9. The van der Waals surface area contributed by atoms with Crippen molar-refractivity contribution in [3.63, 3.8) is 0 Å². The standard InChI is InChI=1S/C11H22N2O2S/c1-7(2)9(16)10(15)12-6-8(14)13-11(3,4)5/h7,9,16H,6H2,1-5H3,(H,12,15)(H,13,14). The summed E-state index contributed by atoms with van der Waals surface area (Å²) in [7, 11) is 0. The van der Waals surface area contributed by atoms with E-state index in [-0.39, 0.29) is 35.1 Å². The van der Waals surface area contributed by atoms with Gasteiger partial charge in [0.05, 0.1) is 11.8 Å². The average Bonchev–Trinajstić information content (AvgIpc) is 2.09. The van der Waals surface area contributed by atoms with Gasteiger partial charge in [0.25, 0.3) is 0 Å². The van der Waals surface area contributed by atoms with Crippen LogP contribution in [0.15, 0.2) is 0 Å². The Morgan fingerprint density at radius 3 is 2.12 bits per heavy atom. The maximum atomic E-state index is 11.5. The third-order valence-corrected chi connectivity index (χ3v) is 2.67. The smallest absolute Gasteiger partial charge is 0.239 e. The van der Waals surface area contributed by atoms with Crippen molar-refractivity contribution in [2.24, 2.45) is 5.92 Å². The molecular weight excluding hydrogens is 224 g/mol. The molecule has 0 bridgehead atoms. The number of carbonyl (C=O) groups is 2. The van der Waals surface area contributed by atoms with Crippen molar-refractivity contribution in [3.8, 4) is 0 Å². The Bertz CT molecular complexity index is 259. The summed E-state index contributed by atoms with van der Waals surface area (Å²) < 4.78 is 0. The van der Waals surface area contributed by atoms with Crippen molar-refractivity contribution in [2.75, 3.05) is 6.54 Å². The van der Waals surface area contributed by atoms with Gasteiger partial charge in [-0.2, -0.15) is 12.6 Å².